The standard InChI is InChI=1S/C9H15N3O2/c10-8(7-13)1-2-9(11)12-3-5-14-6-4-12/h1-2,7,11,13H,3-6,10H2. The van der Waals surface area contributed by atoms with Crippen molar-refractivity contribution in [3.05, 3.63) is 24.1 Å². The summed E-state index contributed by atoms with van der Waals surface area (Å²) in [6.45, 7) is 2.76. The Hall–Kier alpha value is -1.49. The van der Waals surface area contributed by atoms with Crippen molar-refractivity contribution in [1.82, 2.24) is 4.90 Å². The Morgan fingerprint density at radius 3 is 2.57 bits per heavy atom. The van der Waals surface area contributed by atoms with Crippen LogP contribution in [0.4, 0.5) is 0 Å². The molecule has 5 heteroatoms. The first-order chi connectivity index (χ1) is 6.74. The molecule has 4 N–H and O–H groups in total. The molecule has 0 radical (unpaired) electrons. The Morgan fingerprint density at radius 2 is 2.00 bits per heavy atom. The van der Waals surface area contributed by atoms with Crippen molar-refractivity contribution in [2.45, 2.75) is 0 Å². The molecule has 0 unspecified atom stereocenters. The number of hydrogen-bond donors (Lipinski definition) is 3. The summed E-state index contributed by atoms with van der Waals surface area (Å²) < 4.78 is 5.16. The van der Waals surface area contributed by atoms with Gasteiger partial charge in [-0.05, 0) is 12.2 Å². The molecular weight excluding hydrogens is 182 g/mol. The normalized spacial score (nSPS) is 18.9. The van der Waals surface area contributed by atoms with Gasteiger partial charge in [-0.2, -0.15) is 0 Å². The lowest BCUT2D eigenvalue weighted by atomic mass is 10.3. The summed E-state index contributed by atoms with van der Waals surface area (Å²) in [6, 6.07) is 0. The summed E-state index contributed by atoms with van der Waals surface area (Å²) >= 11 is 0. The number of nitrogens with one attached hydrogen (secondary N) is 1. The first-order valence-electron chi connectivity index (χ1n) is 4.43. The van der Waals surface area contributed by atoms with E-state index in [0.29, 0.717) is 19.0 Å². The fourth-order valence-electron chi connectivity index (χ4n) is 1.13. The van der Waals surface area contributed by atoms with Crippen molar-refractivity contribution in [3.8, 4) is 0 Å². The van der Waals surface area contributed by atoms with Crippen LogP contribution in [0.1, 0.15) is 0 Å². The van der Waals surface area contributed by atoms with E-state index in [1.54, 1.807) is 6.08 Å². The van der Waals surface area contributed by atoms with Crippen LogP contribution in [-0.4, -0.2) is 42.1 Å². The van der Waals surface area contributed by atoms with Gasteiger partial charge in [0.1, 0.15) is 12.1 Å². The Bertz CT molecular complexity index is 255. The maximum absolute atomic E-state index is 8.52. The number of rotatable bonds is 2. The number of ether oxygens (including phenoxy) is 1. The van der Waals surface area contributed by atoms with Crippen molar-refractivity contribution in [3.63, 3.8) is 0 Å². The van der Waals surface area contributed by atoms with Gasteiger partial charge in [-0.1, -0.05) is 0 Å². The third kappa shape index (κ3) is 3.10. The van der Waals surface area contributed by atoms with E-state index in [-0.39, 0.29) is 5.70 Å². The highest BCUT2D eigenvalue weighted by atomic mass is 16.5. The zero-order valence-corrected chi connectivity index (χ0v) is 7.94. The molecule has 0 aromatic rings. The van der Waals surface area contributed by atoms with Crippen molar-refractivity contribution in [1.29, 1.82) is 5.41 Å². The van der Waals surface area contributed by atoms with Gasteiger partial charge in [-0.25, -0.2) is 0 Å². The lowest BCUT2D eigenvalue weighted by molar-refractivity contribution is 0.0681. The number of amidine groups is 1. The zero-order chi connectivity index (χ0) is 10.4. The largest absolute Gasteiger partial charge is 0.513 e. The van der Waals surface area contributed by atoms with Crippen LogP contribution >= 0.6 is 0 Å². The monoisotopic (exact) mass is 197 g/mol. The number of aliphatic hydroxyl groups excluding tert-OH is 1. The predicted octanol–water partition coefficient (Wildman–Crippen LogP) is 0.210. The zero-order valence-electron chi connectivity index (χ0n) is 7.94. The second-order valence-corrected chi connectivity index (χ2v) is 2.95. The average molecular weight is 197 g/mol. The second-order valence-electron chi connectivity index (χ2n) is 2.95. The maximum atomic E-state index is 8.52. The van der Waals surface area contributed by atoms with Gasteiger partial charge in [0, 0.05) is 13.1 Å². The van der Waals surface area contributed by atoms with Gasteiger partial charge >= 0.3 is 0 Å². The van der Waals surface area contributed by atoms with Crippen molar-refractivity contribution in [2.24, 2.45) is 5.73 Å². The molecule has 0 aromatic heterocycles. The lowest BCUT2D eigenvalue weighted by Gasteiger charge is -2.27. The van der Waals surface area contributed by atoms with E-state index < -0.39 is 0 Å². The first-order valence-corrected chi connectivity index (χ1v) is 4.43. The van der Waals surface area contributed by atoms with Crippen LogP contribution in [0.15, 0.2) is 24.1 Å². The summed E-state index contributed by atoms with van der Waals surface area (Å²) in [5.74, 6) is 0.387. The van der Waals surface area contributed by atoms with Crippen LogP contribution < -0.4 is 5.73 Å². The molecule has 0 spiro atoms. The van der Waals surface area contributed by atoms with Crippen molar-refractivity contribution >= 4 is 5.84 Å². The van der Waals surface area contributed by atoms with Gasteiger partial charge in [0.2, 0.25) is 0 Å². The number of aliphatic hydroxyl groups is 1. The van der Waals surface area contributed by atoms with Gasteiger partial charge in [0.15, 0.2) is 0 Å². The molecule has 5 nitrogen and oxygen atoms in total. The van der Waals surface area contributed by atoms with E-state index in [4.69, 9.17) is 21.0 Å². The summed E-state index contributed by atoms with van der Waals surface area (Å²) in [7, 11) is 0. The molecule has 1 rings (SSSR count). The third-order valence-electron chi connectivity index (χ3n) is 1.93. The third-order valence-corrected chi connectivity index (χ3v) is 1.93. The van der Waals surface area contributed by atoms with Gasteiger partial charge in [-0.3, -0.25) is 5.41 Å². The molecule has 0 aliphatic carbocycles. The minimum absolute atomic E-state index is 0.239. The van der Waals surface area contributed by atoms with E-state index in [2.05, 4.69) is 0 Å². The topological polar surface area (TPSA) is 82.6 Å². The molecule has 14 heavy (non-hydrogen) atoms. The fourth-order valence-corrected chi connectivity index (χ4v) is 1.13. The van der Waals surface area contributed by atoms with Gasteiger partial charge in [-0.15, -0.1) is 0 Å². The average Bonchev–Trinajstić information content (AvgIpc) is 2.26. The summed E-state index contributed by atoms with van der Waals surface area (Å²) in [5, 5.41) is 16.2. The van der Waals surface area contributed by atoms with Gasteiger partial charge in [0.25, 0.3) is 0 Å². The van der Waals surface area contributed by atoms with Crippen LogP contribution in [0.25, 0.3) is 0 Å². The Kier molecular flexibility index (Phi) is 4.00. The van der Waals surface area contributed by atoms with E-state index in [1.165, 1.54) is 6.08 Å². The highest BCUT2D eigenvalue weighted by Crippen LogP contribution is 1.99. The van der Waals surface area contributed by atoms with Gasteiger partial charge in [0.05, 0.1) is 18.9 Å². The summed E-state index contributed by atoms with van der Waals surface area (Å²) in [5.41, 5.74) is 5.57. The second kappa shape index (κ2) is 5.29. The summed E-state index contributed by atoms with van der Waals surface area (Å²) in [6.07, 6.45) is 3.87. The van der Waals surface area contributed by atoms with Crippen LogP contribution in [0.5, 0.6) is 0 Å². The number of hydrogen-bond acceptors (Lipinski definition) is 4. The number of nitrogens with two attached hydrogens (primary N) is 1. The van der Waals surface area contributed by atoms with E-state index in [0.717, 1.165) is 19.4 Å². The molecule has 0 bridgehead atoms. The quantitative estimate of drug-likeness (QED) is 0.256. The molecule has 78 valence electrons. The minimum Gasteiger partial charge on any atom is -0.513 e. The lowest BCUT2D eigenvalue weighted by Crippen LogP contribution is -2.39. The van der Waals surface area contributed by atoms with E-state index in [1.807, 2.05) is 4.90 Å². The maximum Gasteiger partial charge on any atom is 0.120 e. The fraction of sp³-hybridized carbons (Fsp3) is 0.444. The van der Waals surface area contributed by atoms with Crippen LogP contribution in [0.3, 0.4) is 0 Å². The number of morpholine rings is 1. The predicted molar refractivity (Wildman–Crippen MR) is 54.2 cm³/mol. The molecule has 1 aliphatic rings. The Morgan fingerprint density at radius 1 is 1.36 bits per heavy atom. The molecule has 0 amide bonds. The smallest absolute Gasteiger partial charge is 0.120 e. The summed E-state index contributed by atoms with van der Waals surface area (Å²) in [4.78, 5) is 1.89. The molecule has 0 saturated carbocycles. The molecule has 1 heterocycles. The van der Waals surface area contributed by atoms with E-state index in [9.17, 15) is 0 Å². The Labute approximate surface area is 83.0 Å². The molecular formula is C9H15N3O2. The molecule has 0 atom stereocenters. The van der Waals surface area contributed by atoms with Crippen LogP contribution in [0, 0.1) is 5.41 Å². The Balaban J connectivity index is 2.44. The number of nitrogens with zero attached hydrogens (tertiary/aromatic N) is 1. The number of allylic oxidation sites excluding steroid dienone is 1. The first kappa shape index (κ1) is 10.6. The van der Waals surface area contributed by atoms with Crippen LogP contribution in [-0.2, 0) is 4.74 Å². The highest BCUT2D eigenvalue weighted by molar-refractivity contribution is 5.90. The molecule has 1 fully saturated rings. The van der Waals surface area contributed by atoms with Crippen molar-refractivity contribution < 1.29 is 9.84 Å². The van der Waals surface area contributed by atoms with Crippen molar-refractivity contribution in [2.75, 3.05) is 26.3 Å². The molecule has 1 saturated heterocycles. The van der Waals surface area contributed by atoms with Crippen LogP contribution in [0.2, 0.25) is 0 Å². The molecule has 1 aliphatic heterocycles. The molecule has 0 aromatic carbocycles. The van der Waals surface area contributed by atoms with E-state index >= 15 is 0 Å². The van der Waals surface area contributed by atoms with Gasteiger partial charge < -0.3 is 20.5 Å². The minimum atomic E-state index is 0.239. The highest BCUT2D eigenvalue weighted by Gasteiger charge is 2.10. The SMILES string of the molecule is N=C(C=CC(N)=CO)N1CCOCC1.